The molecule has 0 aliphatic heterocycles. The molecule has 1 unspecified atom stereocenters. The molecule has 0 saturated heterocycles. The van der Waals surface area contributed by atoms with Crippen LogP contribution in [-0.2, 0) is 9.53 Å². The van der Waals surface area contributed by atoms with E-state index in [2.05, 4.69) is 13.8 Å². The van der Waals surface area contributed by atoms with E-state index in [0.717, 1.165) is 32.1 Å². The van der Waals surface area contributed by atoms with Crippen LogP contribution in [0.25, 0.3) is 0 Å². The monoisotopic (exact) mass is 328 g/mol. The Hall–Kier alpha value is -0.570. The van der Waals surface area contributed by atoms with Crippen molar-refractivity contribution < 1.29 is 14.6 Å². The van der Waals surface area contributed by atoms with E-state index in [1.54, 1.807) is 0 Å². The minimum atomic E-state index is -0.490. The molecule has 3 nitrogen and oxygen atoms in total. The van der Waals surface area contributed by atoms with E-state index in [-0.39, 0.29) is 12.6 Å². The lowest BCUT2D eigenvalue weighted by Crippen LogP contribution is -2.18. The zero-order valence-corrected chi connectivity index (χ0v) is 15.7. The van der Waals surface area contributed by atoms with Gasteiger partial charge in [-0.2, -0.15) is 0 Å². The van der Waals surface area contributed by atoms with Gasteiger partial charge in [0.25, 0.3) is 0 Å². The molecule has 1 atom stereocenters. The number of carbonyl (C=O) groups is 1. The fraction of sp³-hybridized carbons (Fsp3) is 0.950. The number of hydrogen-bond donors (Lipinski definition) is 1. The second kappa shape index (κ2) is 17.8. The van der Waals surface area contributed by atoms with Crippen molar-refractivity contribution in [3.8, 4) is 0 Å². The van der Waals surface area contributed by atoms with Crippen molar-refractivity contribution in [3.63, 3.8) is 0 Å². The summed E-state index contributed by atoms with van der Waals surface area (Å²) in [5.41, 5.74) is 0. The molecule has 0 aliphatic carbocycles. The van der Waals surface area contributed by atoms with Crippen LogP contribution in [0.2, 0.25) is 0 Å². The molecule has 138 valence electrons. The molecule has 0 bridgehead atoms. The van der Waals surface area contributed by atoms with Crippen LogP contribution in [0.4, 0.5) is 0 Å². The van der Waals surface area contributed by atoms with Gasteiger partial charge in [-0.3, -0.25) is 4.79 Å². The van der Waals surface area contributed by atoms with Crippen LogP contribution < -0.4 is 0 Å². The van der Waals surface area contributed by atoms with Gasteiger partial charge < -0.3 is 9.84 Å². The first kappa shape index (κ1) is 22.4. The summed E-state index contributed by atoms with van der Waals surface area (Å²) in [6.45, 7) is 4.51. The first-order valence-corrected chi connectivity index (χ1v) is 10.0. The largest absolute Gasteiger partial charge is 0.463 e. The molecule has 1 N–H and O–H groups in total. The molecule has 0 amide bonds. The first-order chi connectivity index (χ1) is 11.2. The quantitative estimate of drug-likeness (QED) is 0.272. The van der Waals surface area contributed by atoms with E-state index in [4.69, 9.17) is 4.74 Å². The Balaban J connectivity index is 3.23. The fourth-order valence-corrected chi connectivity index (χ4v) is 2.72. The molecule has 3 heteroatoms. The molecular formula is C20H40O3. The van der Waals surface area contributed by atoms with Crippen molar-refractivity contribution in [1.29, 1.82) is 0 Å². The highest BCUT2D eigenvalue weighted by Gasteiger charge is 2.08. The summed E-state index contributed by atoms with van der Waals surface area (Å²) in [7, 11) is 0. The Morgan fingerprint density at radius 1 is 0.783 bits per heavy atom. The lowest BCUT2D eigenvalue weighted by atomic mass is 10.1. The van der Waals surface area contributed by atoms with Crippen LogP contribution in [0.1, 0.15) is 110 Å². The maximum atomic E-state index is 11.5. The third kappa shape index (κ3) is 17.6. The van der Waals surface area contributed by atoms with Gasteiger partial charge in [0, 0.05) is 6.42 Å². The average Bonchev–Trinajstić information content (AvgIpc) is 2.56. The van der Waals surface area contributed by atoms with E-state index in [1.807, 2.05) is 0 Å². The highest BCUT2D eigenvalue weighted by atomic mass is 16.5. The Bertz CT molecular complexity index is 253. The summed E-state index contributed by atoms with van der Waals surface area (Å²) in [6.07, 6.45) is 16.9. The number of aliphatic hydroxyl groups excluding tert-OH is 1. The molecule has 0 aliphatic rings. The third-order valence-corrected chi connectivity index (χ3v) is 4.31. The van der Waals surface area contributed by atoms with E-state index >= 15 is 0 Å². The van der Waals surface area contributed by atoms with Crippen LogP contribution >= 0.6 is 0 Å². The van der Waals surface area contributed by atoms with Gasteiger partial charge in [0.15, 0.2) is 0 Å². The van der Waals surface area contributed by atoms with Crippen LogP contribution in [0.3, 0.4) is 0 Å². The number of carbonyl (C=O) groups excluding carboxylic acids is 1. The van der Waals surface area contributed by atoms with Crippen LogP contribution in [-0.4, -0.2) is 23.8 Å². The minimum absolute atomic E-state index is 0.156. The molecular weight excluding hydrogens is 288 g/mol. The minimum Gasteiger partial charge on any atom is -0.463 e. The van der Waals surface area contributed by atoms with Crippen molar-refractivity contribution in [3.05, 3.63) is 0 Å². The van der Waals surface area contributed by atoms with E-state index in [0.29, 0.717) is 6.42 Å². The third-order valence-electron chi connectivity index (χ3n) is 4.31. The molecule has 0 rings (SSSR count). The van der Waals surface area contributed by atoms with Crippen molar-refractivity contribution >= 4 is 5.97 Å². The second-order valence-electron chi connectivity index (χ2n) is 6.76. The van der Waals surface area contributed by atoms with Crippen molar-refractivity contribution in [1.82, 2.24) is 0 Å². The Morgan fingerprint density at radius 3 is 1.78 bits per heavy atom. The average molecular weight is 329 g/mol. The van der Waals surface area contributed by atoms with E-state index < -0.39 is 6.10 Å². The number of aliphatic hydroxyl groups is 1. The molecule has 0 aromatic carbocycles. The predicted octanol–water partition coefficient (Wildman–Crippen LogP) is 5.78. The highest BCUT2D eigenvalue weighted by molar-refractivity contribution is 5.69. The number of unbranched alkanes of at least 4 members (excludes halogenated alkanes) is 11. The van der Waals surface area contributed by atoms with Crippen molar-refractivity contribution in [2.24, 2.45) is 0 Å². The number of esters is 1. The number of rotatable bonds is 17. The van der Waals surface area contributed by atoms with Gasteiger partial charge in [0.2, 0.25) is 0 Å². The fourth-order valence-electron chi connectivity index (χ4n) is 2.72. The first-order valence-electron chi connectivity index (χ1n) is 10.0. The van der Waals surface area contributed by atoms with Crippen LogP contribution in [0.5, 0.6) is 0 Å². The molecule has 0 saturated carbocycles. The zero-order chi connectivity index (χ0) is 17.2. The van der Waals surface area contributed by atoms with Gasteiger partial charge in [0.1, 0.15) is 6.61 Å². The van der Waals surface area contributed by atoms with Crippen molar-refractivity contribution in [2.45, 2.75) is 116 Å². The van der Waals surface area contributed by atoms with E-state index in [1.165, 1.54) is 57.8 Å². The second-order valence-corrected chi connectivity index (χ2v) is 6.76. The zero-order valence-electron chi connectivity index (χ0n) is 15.7. The topological polar surface area (TPSA) is 46.5 Å². The molecule has 0 spiro atoms. The summed E-state index contributed by atoms with van der Waals surface area (Å²) in [5.74, 6) is -0.156. The van der Waals surface area contributed by atoms with Gasteiger partial charge in [-0.25, -0.2) is 0 Å². The summed E-state index contributed by atoms with van der Waals surface area (Å²) in [4.78, 5) is 11.5. The number of hydrogen-bond acceptors (Lipinski definition) is 3. The molecule has 0 radical (unpaired) electrons. The smallest absolute Gasteiger partial charge is 0.305 e. The normalized spacial score (nSPS) is 12.3. The predicted molar refractivity (Wildman–Crippen MR) is 97.6 cm³/mol. The molecule has 0 heterocycles. The summed E-state index contributed by atoms with van der Waals surface area (Å²) >= 11 is 0. The summed E-state index contributed by atoms with van der Waals surface area (Å²) in [5, 5.41) is 9.61. The summed E-state index contributed by atoms with van der Waals surface area (Å²) in [6, 6.07) is 0. The maximum Gasteiger partial charge on any atom is 0.305 e. The Morgan fingerprint density at radius 2 is 1.26 bits per heavy atom. The lowest BCUT2D eigenvalue weighted by molar-refractivity contribution is -0.146. The SMILES string of the molecule is CCCCCCCCCCCCCC(=O)OCC(O)CCCC. The van der Waals surface area contributed by atoms with Gasteiger partial charge >= 0.3 is 5.97 Å². The van der Waals surface area contributed by atoms with Crippen LogP contribution in [0.15, 0.2) is 0 Å². The van der Waals surface area contributed by atoms with Crippen molar-refractivity contribution in [2.75, 3.05) is 6.61 Å². The maximum absolute atomic E-state index is 11.5. The van der Waals surface area contributed by atoms with Crippen LogP contribution in [0, 0.1) is 0 Å². The van der Waals surface area contributed by atoms with Gasteiger partial charge in [-0.1, -0.05) is 90.9 Å². The highest BCUT2D eigenvalue weighted by Crippen LogP contribution is 2.12. The van der Waals surface area contributed by atoms with Gasteiger partial charge in [-0.05, 0) is 12.8 Å². The van der Waals surface area contributed by atoms with Gasteiger partial charge in [-0.15, -0.1) is 0 Å². The molecule has 0 aromatic heterocycles. The lowest BCUT2D eigenvalue weighted by Gasteiger charge is -2.10. The van der Waals surface area contributed by atoms with Gasteiger partial charge in [0.05, 0.1) is 6.10 Å². The Kier molecular flexibility index (Phi) is 17.3. The molecule has 0 aromatic rings. The molecule has 23 heavy (non-hydrogen) atoms. The summed E-state index contributed by atoms with van der Waals surface area (Å²) < 4.78 is 5.10. The number of ether oxygens (including phenoxy) is 1. The molecule has 0 fully saturated rings. The standard InChI is InChI=1S/C20H40O3/c1-3-5-7-8-9-10-11-12-13-14-15-17-20(22)23-18-19(21)16-6-4-2/h19,21H,3-18H2,1-2H3. The Labute approximate surface area is 144 Å². The van der Waals surface area contributed by atoms with E-state index in [9.17, 15) is 9.90 Å².